The lowest BCUT2D eigenvalue weighted by Crippen LogP contribution is -1.88. The highest BCUT2D eigenvalue weighted by atomic mass is 14.9. The van der Waals surface area contributed by atoms with Crippen LogP contribution >= 0.6 is 0 Å². The van der Waals surface area contributed by atoms with E-state index in [1.807, 2.05) is 0 Å². The first-order valence-corrected chi connectivity index (χ1v) is 2.43. The minimum absolute atomic E-state index is 0.481. The molecule has 1 aromatic heterocycles. The van der Waals surface area contributed by atoms with E-state index in [0.717, 1.165) is 5.82 Å². The van der Waals surface area contributed by atoms with Gasteiger partial charge in [0.05, 0.1) is 1.37 Å². The van der Waals surface area contributed by atoms with Crippen LogP contribution in [-0.2, 0) is 0 Å². The van der Waals surface area contributed by atoms with Gasteiger partial charge < -0.3 is 5.32 Å². The molecule has 1 rings (SSSR count). The van der Waals surface area contributed by atoms with Crippen molar-refractivity contribution in [2.24, 2.45) is 0 Å². The van der Waals surface area contributed by atoms with E-state index in [4.69, 9.17) is 1.37 Å². The number of pyridine rings is 1. The van der Waals surface area contributed by atoms with Crippen molar-refractivity contribution in [3.05, 3.63) is 24.4 Å². The van der Waals surface area contributed by atoms with Crippen LogP contribution in [0.25, 0.3) is 0 Å². The fourth-order valence-electron chi connectivity index (χ4n) is 0.462. The Balaban J connectivity index is 2.94. The van der Waals surface area contributed by atoms with E-state index >= 15 is 0 Å². The summed E-state index contributed by atoms with van der Waals surface area (Å²) >= 11 is 0. The summed E-state index contributed by atoms with van der Waals surface area (Å²) in [6.45, 7) is 0. The fourth-order valence-corrected chi connectivity index (χ4v) is 0.462. The third kappa shape index (κ3) is 0.964. The lowest BCUT2D eigenvalue weighted by Gasteiger charge is -1.92. The summed E-state index contributed by atoms with van der Waals surface area (Å²) in [6, 6.07) is 3.79. The van der Waals surface area contributed by atoms with Crippen LogP contribution in [0.4, 0.5) is 5.82 Å². The molecule has 2 heteroatoms. The van der Waals surface area contributed by atoms with Gasteiger partial charge in [-0.1, -0.05) is 6.04 Å². The second-order valence-electron chi connectivity index (χ2n) is 1.39. The molecule has 1 heterocycles. The van der Waals surface area contributed by atoms with Gasteiger partial charge in [0.15, 0.2) is 0 Å². The minimum atomic E-state index is 0.481. The Morgan fingerprint density at radius 2 is 2.75 bits per heavy atom. The standard InChI is InChI=1S/C6H8N2/c1-7-6-4-2-3-5-8-6/h2-5H,1H3,(H,7,8)/i2D. The number of nitrogens with zero attached hydrogens (tertiary/aromatic N) is 1. The van der Waals surface area contributed by atoms with Crippen molar-refractivity contribution < 1.29 is 1.37 Å². The lowest BCUT2D eigenvalue weighted by molar-refractivity contribution is 1.29. The maximum absolute atomic E-state index is 7.16. The highest BCUT2D eigenvalue weighted by molar-refractivity contribution is 5.31. The number of anilines is 1. The van der Waals surface area contributed by atoms with Crippen molar-refractivity contribution >= 4 is 5.82 Å². The zero-order chi connectivity index (χ0) is 6.69. The number of nitrogens with one attached hydrogen (secondary N) is 1. The summed E-state index contributed by atoms with van der Waals surface area (Å²) in [5, 5.41) is 2.84. The molecule has 0 aliphatic carbocycles. The molecule has 0 aliphatic heterocycles. The van der Waals surface area contributed by atoms with Crippen molar-refractivity contribution in [1.29, 1.82) is 0 Å². The van der Waals surface area contributed by atoms with Gasteiger partial charge in [0.2, 0.25) is 0 Å². The molecule has 0 spiro atoms. The highest BCUT2D eigenvalue weighted by Crippen LogP contribution is 1.95. The minimum Gasteiger partial charge on any atom is -0.373 e. The van der Waals surface area contributed by atoms with Gasteiger partial charge in [-0.3, -0.25) is 0 Å². The van der Waals surface area contributed by atoms with Crippen LogP contribution in [-0.4, -0.2) is 12.0 Å². The third-order valence-electron chi connectivity index (χ3n) is 0.861. The molecular formula is C6H8N2. The van der Waals surface area contributed by atoms with Gasteiger partial charge in [0.1, 0.15) is 5.82 Å². The number of hydrogen-bond acceptors (Lipinski definition) is 2. The molecule has 1 N–H and O–H groups in total. The van der Waals surface area contributed by atoms with E-state index in [1.165, 1.54) is 0 Å². The van der Waals surface area contributed by atoms with Gasteiger partial charge in [-0.25, -0.2) is 4.98 Å². The Morgan fingerprint density at radius 3 is 3.25 bits per heavy atom. The highest BCUT2D eigenvalue weighted by Gasteiger charge is 1.79. The first-order valence-electron chi connectivity index (χ1n) is 2.93. The summed E-state index contributed by atoms with van der Waals surface area (Å²) in [6.07, 6.45) is 1.61. The first-order chi connectivity index (χ1) is 4.33. The van der Waals surface area contributed by atoms with E-state index in [-0.39, 0.29) is 0 Å². The molecule has 0 bridgehead atoms. The van der Waals surface area contributed by atoms with Crippen LogP contribution in [0.1, 0.15) is 1.37 Å². The second-order valence-corrected chi connectivity index (χ2v) is 1.39. The van der Waals surface area contributed by atoms with Crippen molar-refractivity contribution in [3.63, 3.8) is 0 Å². The summed E-state index contributed by atoms with van der Waals surface area (Å²) in [5.41, 5.74) is 0. The van der Waals surface area contributed by atoms with Crippen molar-refractivity contribution in [2.75, 3.05) is 12.4 Å². The molecule has 0 aliphatic rings. The predicted octanol–water partition coefficient (Wildman–Crippen LogP) is 1.12. The van der Waals surface area contributed by atoms with Gasteiger partial charge in [0, 0.05) is 13.2 Å². The second kappa shape index (κ2) is 2.31. The predicted molar refractivity (Wildman–Crippen MR) is 33.8 cm³/mol. The van der Waals surface area contributed by atoms with Crippen molar-refractivity contribution in [2.45, 2.75) is 0 Å². The van der Waals surface area contributed by atoms with E-state index < -0.39 is 0 Å². The molecule has 2 nitrogen and oxygen atoms in total. The quantitative estimate of drug-likeness (QED) is 0.584. The van der Waals surface area contributed by atoms with Gasteiger partial charge in [-0.05, 0) is 12.1 Å². The van der Waals surface area contributed by atoms with Crippen LogP contribution in [0.2, 0.25) is 0 Å². The van der Waals surface area contributed by atoms with Crippen molar-refractivity contribution in [1.82, 2.24) is 4.98 Å². The molecule has 8 heavy (non-hydrogen) atoms. The Labute approximate surface area is 50.0 Å². The van der Waals surface area contributed by atoms with Crippen LogP contribution in [0.15, 0.2) is 24.4 Å². The zero-order valence-electron chi connectivity index (χ0n) is 5.68. The van der Waals surface area contributed by atoms with Crippen LogP contribution in [0.5, 0.6) is 0 Å². The molecule has 0 atom stereocenters. The summed E-state index contributed by atoms with van der Waals surface area (Å²) in [5.74, 6) is 0.738. The van der Waals surface area contributed by atoms with Crippen molar-refractivity contribution in [3.8, 4) is 0 Å². The fraction of sp³-hybridized carbons (Fsp3) is 0.167. The van der Waals surface area contributed by atoms with E-state index in [2.05, 4.69) is 10.3 Å². The number of aromatic nitrogens is 1. The zero-order valence-corrected chi connectivity index (χ0v) is 4.68. The Hall–Kier alpha value is -1.05. The molecule has 0 amide bonds. The Kier molecular flexibility index (Phi) is 1.12. The van der Waals surface area contributed by atoms with E-state index in [9.17, 15) is 0 Å². The summed E-state index contributed by atoms with van der Waals surface area (Å²) in [4.78, 5) is 3.93. The largest absolute Gasteiger partial charge is 0.373 e. The molecule has 0 radical (unpaired) electrons. The molecule has 0 saturated carbocycles. The van der Waals surface area contributed by atoms with E-state index in [1.54, 1.807) is 25.4 Å². The normalized spacial score (nSPS) is 10.4. The van der Waals surface area contributed by atoms with Gasteiger partial charge >= 0.3 is 0 Å². The topological polar surface area (TPSA) is 24.9 Å². The number of rotatable bonds is 1. The molecular weight excluding hydrogens is 100 g/mol. The first kappa shape index (κ1) is 3.89. The third-order valence-corrected chi connectivity index (χ3v) is 0.861. The smallest absolute Gasteiger partial charge is 0.125 e. The molecule has 0 saturated heterocycles. The maximum atomic E-state index is 7.16. The van der Waals surface area contributed by atoms with E-state index in [0.29, 0.717) is 6.04 Å². The monoisotopic (exact) mass is 109 g/mol. The average Bonchev–Trinajstić information content (AvgIpc) is 1.88. The maximum Gasteiger partial charge on any atom is 0.125 e. The van der Waals surface area contributed by atoms with Crippen LogP contribution in [0, 0.1) is 0 Å². The summed E-state index contributed by atoms with van der Waals surface area (Å²) in [7, 11) is 1.78. The van der Waals surface area contributed by atoms with Crippen LogP contribution in [0.3, 0.4) is 0 Å². The lowest BCUT2D eigenvalue weighted by atomic mass is 10.5. The average molecular weight is 109 g/mol. The molecule has 0 aromatic carbocycles. The van der Waals surface area contributed by atoms with Gasteiger partial charge in [-0.2, -0.15) is 0 Å². The Bertz CT molecular complexity index is 200. The summed E-state index contributed by atoms with van der Waals surface area (Å²) < 4.78 is 7.16. The van der Waals surface area contributed by atoms with Crippen LogP contribution < -0.4 is 5.32 Å². The molecule has 0 fully saturated rings. The van der Waals surface area contributed by atoms with Gasteiger partial charge in [-0.15, -0.1) is 0 Å². The molecule has 0 unspecified atom stereocenters. The molecule has 1 aromatic rings. The van der Waals surface area contributed by atoms with Gasteiger partial charge in [0.25, 0.3) is 0 Å². The molecule has 42 valence electrons. The number of hydrogen-bond donors (Lipinski definition) is 1. The SMILES string of the molecule is [2H]c1ccnc(NC)c1. The Morgan fingerprint density at radius 1 is 1.88 bits per heavy atom.